The lowest BCUT2D eigenvalue weighted by Crippen LogP contribution is -2.45. The zero-order valence-corrected chi connectivity index (χ0v) is 22.1. The highest BCUT2D eigenvalue weighted by Gasteiger charge is 2.24. The number of amides is 1. The first kappa shape index (κ1) is 27.2. The molecule has 0 radical (unpaired) electrons. The van der Waals surface area contributed by atoms with E-state index >= 15 is 0 Å². The van der Waals surface area contributed by atoms with Gasteiger partial charge in [-0.3, -0.25) is 9.59 Å². The van der Waals surface area contributed by atoms with E-state index in [2.05, 4.69) is 20.5 Å². The van der Waals surface area contributed by atoms with Gasteiger partial charge in [0.25, 0.3) is 0 Å². The van der Waals surface area contributed by atoms with Gasteiger partial charge in [-0.2, -0.15) is 0 Å². The average molecular weight is 527 g/mol. The van der Waals surface area contributed by atoms with Crippen molar-refractivity contribution in [3.8, 4) is 11.5 Å². The molecule has 0 unspecified atom stereocenters. The lowest BCUT2D eigenvalue weighted by Gasteiger charge is -2.34. The fourth-order valence-electron chi connectivity index (χ4n) is 5.08. The van der Waals surface area contributed by atoms with Crippen molar-refractivity contribution >= 4 is 27.5 Å². The Bertz CT molecular complexity index is 1200. The predicted octanol–water partition coefficient (Wildman–Crippen LogP) is 3.52. The summed E-state index contributed by atoms with van der Waals surface area (Å²) in [6.07, 6.45) is 7.87. The predicted molar refractivity (Wildman–Crippen MR) is 149 cm³/mol. The zero-order valence-electron chi connectivity index (χ0n) is 21.3. The normalized spacial score (nSPS) is 14.3. The summed E-state index contributed by atoms with van der Waals surface area (Å²) < 4.78 is 0.809. The summed E-state index contributed by atoms with van der Waals surface area (Å²) in [7, 11) is 0. The number of carbonyl (C=O) groups is 1. The van der Waals surface area contributed by atoms with E-state index in [1.807, 2.05) is 18.2 Å². The lowest BCUT2D eigenvalue weighted by molar-refractivity contribution is -0.134. The van der Waals surface area contributed by atoms with Gasteiger partial charge in [0, 0.05) is 32.1 Å². The fourth-order valence-corrected chi connectivity index (χ4v) is 5.98. The molecular weight excluding hydrogens is 488 g/mol. The molecule has 1 saturated carbocycles. The molecule has 1 aliphatic rings. The molecule has 0 bridgehead atoms. The molecule has 1 heterocycles. The van der Waals surface area contributed by atoms with Crippen LogP contribution in [0.15, 0.2) is 41.2 Å². The molecular formula is C28H38N4O4S. The van der Waals surface area contributed by atoms with E-state index in [1.165, 1.54) is 19.3 Å². The van der Waals surface area contributed by atoms with Crippen LogP contribution in [0.25, 0.3) is 10.2 Å². The van der Waals surface area contributed by atoms with E-state index < -0.39 is 0 Å². The third kappa shape index (κ3) is 7.80. The molecule has 1 aliphatic carbocycles. The lowest BCUT2D eigenvalue weighted by atomic mass is 9.94. The van der Waals surface area contributed by atoms with Crippen LogP contribution < -0.4 is 15.5 Å². The summed E-state index contributed by atoms with van der Waals surface area (Å²) in [5, 5.41) is 26.2. The molecule has 1 aromatic heterocycles. The number of hydrogen-bond donors (Lipinski definition) is 5. The number of nitrogens with zero attached hydrogens (tertiary/aromatic N) is 1. The van der Waals surface area contributed by atoms with Gasteiger partial charge < -0.3 is 30.7 Å². The van der Waals surface area contributed by atoms with Gasteiger partial charge in [0.15, 0.2) is 0 Å². The van der Waals surface area contributed by atoms with Gasteiger partial charge in [0.1, 0.15) is 17.0 Å². The summed E-state index contributed by atoms with van der Waals surface area (Å²) in [5.74, 6) is 0.584. The zero-order chi connectivity index (χ0) is 26.0. The van der Waals surface area contributed by atoms with Crippen LogP contribution in [0.2, 0.25) is 0 Å². The molecule has 3 aromatic rings. The summed E-state index contributed by atoms with van der Waals surface area (Å²) in [4.78, 5) is 29.5. The Morgan fingerprint density at radius 3 is 2.46 bits per heavy atom. The minimum atomic E-state index is -0.165. The van der Waals surface area contributed by atoms with Crippen molar-refractivity contribution in [3.63, 3.8) is 0 Å². The average Bonchev–Trinajstić information content (AvgIpc) is 3.31. The summed E-state index contributed by atoms with van der Waals surface area (Å²) in [6.45, 7) is 3.60. The Morgan fingerprint density at radius 1 is 0.946 bits per heavy atom. The molecule has 0 aliphatic heterocycles. The van der Waals surface area contributed by atoms with Crippen molar-refractivity contribution in [1.82, 2.24) is 20.5 Å². The second kappa shape index (κ2) is 13.6. The molecule has 9 heteroatoms. The Balaban J connectivity index is 1.21. The van der Waals surface area contributed by atoms with Crippen molar-refractivity contribution in [2.24, 2.45) is 0 Å². The number of aromatic nitrogens is 1. The molecule has 1 fully saturated rings. The number of benzene rings is 2. The number of H-pyrrole nitrogens is 1. The number of rotatable bonds is 13. The standard InChI is InChI=1S/C28H38N4O4S/c33-23-9-6-20(7-10-23)12-15-29-17-14-25(35)32(22-4-2-1-3-5-22)19-18-30-16-13-21-8-11-24(34)26-27(21)37-28(36)31-26/h6-11,22,29-30,33-34H,1-5,12-19H2,(H,31,36). The highest BCUT2D eigenvalue weighted by atomic mass is 32.1. The highest BCUT2D eigenvalue weighted by Crippen LogP contribution is 2.28. The maximum absolute atomic E-state index is 13.2. The molecule has 8 nitrogen and oxygen atoms in total. The topological polar surface area (TPSA) is 118 Å². The SMILES string of the molecule is O=C(CCNCCc1ccc(O)cc1)N(CCNCCc1ccc(O)c2[nH]c(=O)sc12)C1CCCCC1. The van der Waals surface area contributed by atoms with Crippen LogP contribution in [-0.4, -0.2) is 64.8 Å². The van der Waals surface area contributed by atoms with Crippen molar-refractivity contribution < 1.29 is 15.0 Å². The van der Waals surface area contributed by atoms with Crippen LogP contribution in [-0.2, 0) is 17.6 Å². The van der Waals surface area contributed by atoms with Gasteiger partial charge in [-0.25, -0.2) is 0 Å². The second-order valence-electron chi connectivity index (χ2n) is 9.76. The molecule has 2 aromatic carbocycles. The van der Waals surface area contributed by atoms with Gasteiger partial charge in [0.2, 0.25) is 5.91 Å². The van der Waals surface area contributed by atoms with E-state index in [0.717, 1.165) is 72.5 Å². The van der Waals surface area contributed by atoms with E-state index in [0.29, 0.717) is 31.1 Å². The molecule has 0 spiro atoms. The number of phenolic OH excluding ortho intramolecular Hbond substituents is 2. The van der Waals surface area contributed by atoms with Gasteiger partial charge in [0.05, 0.1) is 4.70 Å². The van der Waals surface area contributed by atoms with Crippen molar-refractivity contribution in [2.45, 2.75) is 57.4 Å². The molecule has 0 atom stereocenters. The molecule has 37 heavy (non-hydrogen) atoms. The minimum Gasteiger partial charge on any atom is -0.508 e. The summed E-state index contributed by atoms with van der Waals surface area (Å²) >= 11 is 1.13. The number of thiazole rings is 1. The Labute approximate surface area is 221 Å². The van der Waals surface area contributed by atoms with Crippen molar-refractivity contribution in [3.05, 3.63) is 57.2 Å². The number of aromatic hydroxyl groups is 2. The van der Waals surface area contributed by atoms with Gasteiger partial charge in [-0.1, -0.05) is 48.8 Å². The first-order valence-corrected chi connectivity index (χ1v) is 14.2. The maximum atomic E-state index is 13.2. The number of hydrogen-bond acceptors (Lipinski definition) is 7. The minimum absolute atomic E-state index is 0.0986. The fraction of sp³-hybridized carbons (Fsp3) is 0.500. The van der Waals surface area contributed by atoms with E-state index in [-0.39, 0.29) is 22.3 Å². The Morgan fingerprint density at radius 2 is 1.68 bits per heavy atom. The first-order chi connectivity index (χ1) is 18.0. The molecule has 4 rings (SSSR count). The van der Waals surface area contributed by atoms with Gasteiger partial charge >= 0.3 is 4.87 Å². The second-order valence-corrected chi connectivity index (χ2v) is 10.7. The maximum Gasteiger partial charge on any atom is 0.305 e. The van der Waals surface area contributed by atoms with Crippen molar-refractivity contribution in [1.29, 1.82) is 0 Å². The quantitative estimate of drug-likeness (QED) is 0.218. The van der Waals surface area contributed by atoms with E-state index in [9.17, 15) is 19.8 Å². The van der Waals surface area contributed by atoms with Crippen LogP contribution in [0.5, 0.6) is 11.5 Å². The third-order valence-corrected chi connectivity index (χ3v) is 8.08. The van der Waals surface area contributed by atoms with Crippen LogP contribution in [0, 0.1) is 0 Å². The summed E-state index contributed by atoms with van der Waals surface area (Å²) in [6, 6.07) is 11.1. The van der Waals surface area contributed by atoms with Gasteiger partial charge in [-0.15, -0.1) is 0 Å². The highest BCUT2D eigenvalue weighted by molar-refractivity contribution is 7.16. The van der Waals surface area contributed by atoms with Crippen LogP contribution in [0.1, 0.15) is 49.7 Å². The van der Waals surface area contributed by atoms with Crippen LogP contribution in [0.3, 0.4) is 0 Å². The number of nitrogens with one attached hydrogen (secondary N) is 3. The van der Waals surface area contributed by atoms with E-state index in [1.54, 1.807) is 18.2 Å². The first-order valence-electron chi connectivity index (χ1n) is 13.3. The summed E-state index contributed by atoms with van der Waals surface area (Å²) in [5.41, 5.74) is 2.70. The van der Waals surface area contributed by atoms with E-state index in [4.69, 9.17) is 0 Å². The largest absolute Gasteiger partial charge is 0.508 e. The Hall–Kier alpha value is -2.88. The number of aromatic amines is 1. The molecule has 1 amide bonds. The monoisotopic (exact) mass is 526 g/mol. The molecule has 200 valence electrons. The van der Waals surface area contributed by atoms with Crippen molar-refractivity contribution in [2.75, 3.05) is 32.7 Å². The number of phenols is 2. The Kier molecular flexibility index (Phi) is 9.99. The van der Waals surface area contributed by atoms with Crippen LogP contribution in [0.4, 0.5) is 0 Å². The number of carbonyl (C=O) groups excluding carboxylic acids is 1. The molecule has 0 saturated heterocycles. The van der Waals surface area contributed by atoms with Gasteiger partial charge in [-0.05, 0) is 68.1 Å². The molecule has 5 N–H and O–H groups in total. The van der Waals surface area contributed by atoms with Crippen LogP contribution >= 0.6 is 11.3 Å². The number of fused-ring (bicyclic) bond motifs is 1. The smallest absolute Gasteiger partial charge is 0.305 e. The third-order valence-electron chi connectivity index (χ3n) is 7.12.